The van der Waals surface area contributed by atoms with Crippen LogP contribution < -0.4 is 0 Å². The summed E-state index contributed by atoms with van der Waals surface area (Å²) in [6.07, 6.45) is 7.41. The van der Waals surface area contributed by atoms with E-state index < -0.39 is 0 Å². The van der Waals surface area contributed by atoms with Crippen LogP contribution in [0, 0.1) is 0 Å². The molecular weight excluding hydrogens is 302 g/mol. The van der Waals surface area contributed by atoms with Crippen molar-refractivity contribution in [1.29, 1.82) is 0 Å². The molecule has 0 N–H and O–H groups in total. The Hall–Kier alpha value is -1.48. The first kappa shape index (κ1) is 13.9. The number of ketones is 1. The zero-order valence-electron chi connectivity index (χ0n) is 10.6. The number of halogens is 1. The van der Waals surface area contributed by atoms with Crippen LogP contribution in [0.5, 0.6) is 0 Å². The predicted octanol–water partition coefficient (Wildman–Crippen LogP) is 3.57. The lowest BCUT2D eigenvalue weighted by Gasteiger charge is -2.04. The summed E-state index contributed by atoms with van der Waals surface area (Å²) in [5, 5.41) is 0. The van der Waals surface area contributed by atoms with Crippen molar-refractivity contribution >= 4 is 22.8 Å². The molecule has 0 unspecified atom stereocenters. The summed E-state index contributed by atoms with van der Waals surface area (Å²) >= 11 is 0. The molecule has 0 radical (unpaired) electrons. The SMILES string of the molecule is Br.O=C(Cc1cccnc1)c1ccc2c(c1)CCC2. The summed E-state index contributed by atoms with van der Waals surface area (Å²) in [4.78, 5) is 16.2. The number of hydrogen-bond donors (Lipinski definition) is 0. The zero-order chi connectivity index (χ0) is 12.4. The number of Topliss-reactive ketones (excluding diaryl/α,β-unsaturated/α-hetero) is 1. The molecule has 98 valence electrons. The number of pyridine rings is 1. The lowest BCUT2D eigenvalue weighted by atomic mass is 10.00. The molecule has 0 spiro atoms. The first-order valence-corrected chi connectivity index (χ1v) is 6.37. The number of hydrogen-bond acceptors (Lipinski definition) is 2. The van der Waals surface area contributed by atoms with Crippen molar-refractivity contribution in [3.05, 3.63) is 65.0 Å². The van der Waals surface area contributed by atoms with E-state index in [0.29, 0.717) is 6.42 Å². The molecule has 0 saturated heterocycles. The summed E-state index contributed by atoms with van der Waals surface area (Å²) in [5.41, 5.74) is 4.57. The Morgan fingerprint density at radius 1 is 1.16 bits per heavy atom. The second-order valence-electron chi connectivity index (χ2n) is 4.80. The van der Waals surface area contributed by atoms with Gasteiger partial charge in [-0.15, -0.1) is 17.0 Å². The number of aryl methyl sites for hydroxylation is 2. The molecule has 0 amide bonds. The van der Waals surface area contributed by atoms with E-state index >= 15 is 0 Å². The Kier molecular flexibility index (Phi) is 4.48. The maximum absolute atomic E-state index is 12.2. The van der Waals surface area contributed by atoms with E-state index in [1.807, 2.05) is 18.2 Å². The van der Waals surface area contributed by atoms with Crippen molar-refractivity contribution in [2.24, 2.45) is 0 Å². The monoisotopic (exact) mass is 317 g/mol. The minimum Gasteiger partial charge on any atom is -0.294 e. The molecule has 0 saturated carbocycles. The van der Waals surface area contributed by atoms with Crippen LogP contribution >= 0.6 is 17.0 Å². The van der Waals surface area contributed by atoms with Gasteiger partial charge in [-0.05, 0) is 48.1 Å². The highest BCUT2D eigenvalue weighted by Gasteiger charge is 2.14. The first-order valence-electron chi connectivity index (χ1n) is 6.37. The van der Waals surface area contributed by atoms with Gasteiger partial charge in [0.05, 0.1) is 0 Å². The number of fused-ring (bicyclic) bond motifs is 1. The van der Waals surface area contributed by atoms with E-state index in [4.69, 9.17) is 0 Å². The topological polar surface area (TPSA) is 30.0 Å². The largest absolute Gasteiger partial charge is 0.294 e. The molecule has 3 rings (SSSR count). The fourth-order valence-corrected chi connectivity index (χ4v) is 2.54. The van der Waals surface area contributed by atoms with Gasteiger partial charge in [0, 0.05) is 24.4 Å². The third kappa shape index (κ3) is 3.10. The van der Waals surface area contributed by atoms with Crippen LogP contribution in [-0.2, 0) is 19.3 Å². The van der Waals surface area contributed by atoms with E-state index in [-0.39, 0.29) is 22.8 Å². The number of benzene rings is 1. The average Bonchev–Trinajstić information content (AvgIpc) is 2.87. The molecule has 2 nitrogen and oxygen atoms in total. The van der Waals surface area contributed by atoms with Gasteiger partial charge in [-0.3, -0.25) is 9.78 Å². The molecule has 0 atom stereocenters. The van der Waals surface area contributed by atoms with Crippen LogP contribution in [0.3, 0.4) is 0 Å². The van der Waals surface area contributed by atoms with Gasteiger partial charge < -0.3 is 0 Å². The second-order valence-corrected chi connectivity index (χ2v) is 4.80. The lowest BCUT2D eigenvalue weighted by Crippen LogP contribution is -2.04. The maximum atomic E-state index is 12.2. The van der Waals surface area contributed by atoms with Gasteiger partial charge in [0.1, 0.15) is 0 Å². The van der Waals surface area contributed by atoms with Crippen LogP contribution in [0.4, 0.5) is 0 Å². The fourth-order valence-electron chi connectivity index (χ4n) is 2.54. The standard InChI is InChI=1S/C16H15NO.BrH/c18-16(9-12-3-2-8-17-11-12)15-7-6-13-4-1-5-14(13)10-15;/h2-3,6-8,10-11H,1,4-5,9H2;1H. The Morgan fingerprint density at radius 2 is 2.00 bits per heavy atom. The van der Waals surface area contributed by atoms with Crippen molar-refractivity contribution in [2.75, 3.05) is 0 Å². The minimum absolute atomic E-state index is 0. The molecule has 0 bridgehead atoms. The summed E-state index contributed by atoms with van der Waals surface area (Å²) in [5.74, 6) is 0.178. The van der Waals surface area contributed by atoms with Crippen molar-refractivity contribution < 1.29 is 4.79 Å². The van der Waals surface area contributed by atoms with Crippen LogP contribution in [0.25, 0.3) is 0 Å². The van der Waals surface area contributed by atoms with Gasteiger partial charge >= 0.3 is 0 Å². The molecule has 1 aliphatic rings. The lowest BCUT2D eigenvalue weighted by molar-refractivity contribution is 0.0993. The molecule has 19 heavy (non-hydrogen) atoms. The molecule has 0 fully saturated rings. The molecule has 2 aromatic rings. The summed E-state index contributed by atoms with van der Waals surface area (Å²) in [7, 11) is 0. The van der Waals surface area contributed by atoms with Gasteiger partial charge in [0.15, 0.2) is 5.78 Å². The average molecular weight is 318 g/mol. The van der Waals surface area contributed by atoms with Gasteiger partial charge in [0.25, 0.3) is 0 Å². The first-order chi connectivity index (χ1) is 8.83. The summed E-state index contributed by atoms with van der Waals surface area (Å²) < 4.78 is 0. The van der Waals surface area contributed by atoms with E-state index in [1.54, 1.807) is 12.4 Å². The highest BCUT2D eigenvalue weighted by atomic mass is 79.9. The number of nitrogens with zero attached hydrogens (tertiary/aromatic N) is 1. The molecule has 3 heteroatoms. The maximum Gasteiger partial charge on any atom is 0.167 e. The molecular formula is C16H16BrNO. The van der Waals surface area contributed by atoms with E-state index in [9.17, 15) is 4.79 Å². The van der Waals surface area contributed by atoms with E-state index in [0.717, 1.165) is 24.0 Å². The Balaban J connectivity index is 0.00000133. The quantitative estimate of drug-likeness (QED) is 0.810. The molecule has 1 aliphatic carbocycles. The molecule has 0 aliphatic heterocycles. The number of carbonyl (C=O) groups is 1. The number of aromatic nitrogens is 1. The summed E-state index contributed by atoms with van der Waals surface area (Å²) in [6.45, 7) is 0. The second kappa shape index (κ2) is 6.11. The van der Waals surface area contributed by atoms with Gasteiger partial charge in [-0.1, -0.05) is 18.2 Å². The van der Waals surface area contributed by atoms with Gasteiger partial charge in [-0.25, -0.2) is 0 Å². The van der Waals surface area contributed by atoms with Crippen LogP contribution in [-0.4, -0.2) is 10.8 Å². The third-order valence-electron chi connectivity index (χ3n) is 3.51. The molecule has 1 aromatic heterocycles. The Morgan fingerprint density at radius 3 is 2.79 bits per heavy atom. The molecule has 1 heterocycles. The Labute approximate surface area is 123 Å². The predicted molar refractivity (Wildman–Crippen MR) is 81.1 cm³/mol. The Bertz CT molecular complexity index is 581. The van der Waals surface area contributed by atoms with Gasteiger partial charge in [0.2, 0.25) is 0 Å². The highest BCUT2D eigenvalue weighted by molar-refractivity contribution is 8.93. The normalized spacial score (nSPS) is 12.6. The van der Waals surface area contributed by atoms with Crippen LogP contribution in [0.1, 0.15) is 33.5 Å². The van der Waals surface area contributed by atoms with E-state index in [1.165, 1.54) is 17.5 Å². The summed E-state index contributed by atoms with van der Waals surface area (Å²) in [6, 6.07) is 9.95. The van der Waals surface area contributed by atoms with Gasteiger partial charge in [-0.2, -0.15) is 0 Å². The van der Waals surface area contributed by atoms with Crippen molar-refractivity contribution in [3.63, 3.8) is 0 Å². The smallest absolute Gasteiger partial charge is 0.167 e. The van der Waals surface area contributed by atoms with Crippen LogP contribution in [0.15, 0.2) is 42.7 Å². The number of carbonyl (C=O) groups excluding carboxylic acids is 1. The van der Waals surface area contributed by atoms with Crippen molar-refractivity contribution in [3.8, 4) is 0 Å². The van der Waals surface area contributed by atoms with Crippen molar-refractivity contribution in [1.82, 2.24) is 4.98 Å². The van der Waals surface area contributed by atoms with Crippen molar-refractivity contribution in [2.45, 2.75) is 25.7 Å². The third-order valence-corrected chi connectivity index (χ3v) is 3.51. The zero-order valence-corrected chi connectivity index (χ0v) is 12.3. The highest BCUT2D eigenvalue weighted by Crippen LogP contribution is 2.23. The molecule has 1 aromatic carbocycles. The van der Waals surface area contributed by atoms with Crippen LogP contribution in [0.2, 0.25) is 0 Å². The minimum atomic E-state index is 0. The fraction of sp³-hybridized carbons (Fsp3) is 0.250. The number of rotatable bonds is 3. The van der Waals surface area contributed by atoms with E-state index in [2.05, 4.69) is 17.1 Å².